The molecule has 78 valence electrons. The summed E-state index contributed by atoms with van der Waals surface area (Å²) >= 11 is 3.51. The summed E-state index contributed by atoms with van der Waals surface area (Å²) < 4.78 is 3.14. The lowest BCUT2D eigenvalue weighted by atomic mass is 10.3. The number of rotatable bonds is 2. The lowest BCUT2D eigenvalue weighted by molar-refractivity contribution is 0.919. The molecule has 2 heterocycles. The van der Waals surface area contributed by atoms with Gasteiger partial charge in [0.15, 0.2) is 0 Å². The zero-order valence-corrected chi connectivity index (χ0v) is 10.1. The smallest absolute Gasteiger partial charge is 0.132 e. The van der Waals surface area contributed by atoms with E-state index in [1.165, 1.54) is 18.7 Å². The molecule has 1 aliphatic carbocycles. The molecule has 0 spiro atoms. The number of nitrogens with zero attached hydrogens (tertiary/aromatic N) is 2. The molecule has 0 amide bonds. The van der Waals surface area contributed by atoms with Gasteiger partial charge in [-0.2, -0.15) is 0 Å². The molecule has 0 saturated heterocycles. The molecule has 0 bridgehead atoms. The molecule has 0 aromatic carbocycles. The van der Waals surface area contributed by atoms with Crippen molar-refractivity contribution in [3.8, 4) is 0 Å². The standard InChI is InChI=1S/C11H12BrN3/c1-13-8-4-5-9-10(12)14-11(7-2-3-7)15(9)6-8/h4-7,13H,2-3H2,1H3. The second kappa shape index (κ2) is 3.23. The molecule has 15 heavy (non-hydrogen) atoms. The Balaban J connectivity index is 2.26. The number of aromatic nitrogens is 2. The number of fused-ring (bicyclic) bond motifs is 1. The van der Waals surface area contributed by atoms with Crippen LogP contribution in [0, 0.1) is 0 Å². The zero-order chi connectivity index (χ0) is 10.4. The molecule has 0 aliphatic heterocycles. The van der Waals surface area contributed by atoms with E-state index in [2.05, 4.69) is 49.0 Å². The van der Waals surface area contributed by atoms with Gasteiger partial charge in [-0.3, -0.25) is 0 Å². The molecule has 4 heteroatoms. The first kappa shape index (κ1) is 9.21. The minimum Gasteiger partial charge on any atom is -0.387 e. The van der Waals surface area contributed by atoms with E-state index in [1.54, 1.807) is 0 Å². The fourth-order valence-corrected chi connectivity index (χ4v) is 2.35. The van der Waals surface area contributed by atoms with Gasteiger partial charge in [-0.1, -0.05) is 0 Å². The summed E-state index contributed by atoms with van der Waals surface area (Å²) in [6, 6.07) is 4.16. The lowest BCUT2D eigenvalue weighted by Gasteiger charge is -2.03. The molecule has 1 aliphatic rings. The number of halogens is 1. The summed E-state index contributed by atoms with van der Waals surface area (Å²) in [4.78, 5) is 4.58. The average Bonchev–Trinajstić information content (AvgIpc) is 3.04. The molecular weight excluding hydrogens is 254 g/mol. The van der Waals surface area contributed by atoms with Crippen molar-refractivity contribution < 1.29 is 0 Å². The highest BCUT2D eigenvalue weighted by Crippen LogP contribution is 2.40. The Bertz CT molecular complexity index is 514. The van der Waals surface area contributed by atoms with E-state index in [9.17, 15) is 0 Å². The maximum atomic E-state index is 4.58. The maximum absolute atomic E-state index is 4.58. The monoisotopic (exact) mass is 265 g/mol. The highest BCUT2D eigenvalue weighted by atomic mass is 79.9. The second-order valence-corrected chi connectivity index (χ2v) is 4.71. The summed E-state index contributed by atoms with van der Waals surface area (Å²) in [6.45, 7) is 0. The number of hydrogen-bond acceptors (Lipinski definition) is 2. The summed E-state index contributed by atoms with van der Waals surface area (Å²) in [6.07, 6.45) is 4.66. The number of anilines is 1. The van der Waals surface area contributed by atoms with E-state index in [1.807, 2.05) is 7.05 Å². The van der Waals surface area contributed by atoms with Crippen molar-refractivity contribution >= 4 is 27.1 Å². The fraction of sp³-hybridized carbons (Fsp3) is 0.364. The van der Waals surface area contributed by atoms with Crippen molar-refractivity contribution in [1.29, 1.82) is 0 Å². The lowest BCUT2D eigenvalue weighted by Crippen LogP contribution is -1.95. The number of nitrogens with one attached hydrogen (secondary N) is 1. The SMILES string of the molecule is CNc1ccc2c(Br)nc(C3CC3)n2c1. The minimum absolute atomic E-state index is 0.663. The van der Waals surface area contributed by atoms with Crippen LogP contribution in [0.1, 0.15) is 24.6 Å². The molecule has 3 rings (SSSR count). The van der Waals surface area contributed by atoms with Gasteiger partial charge in [0, 0.05) is 19.2 Å². The van der Waals surface area contributed by atoms with Gasteiger partial charge in [0.2, 0.25) is 0 Å². The van der Waals surface area contributed by atoms with Gasteiger partial charge in [0.25, 0.3) is 0 Å². The largest absolute Gasteiger partial charge is 0.387 e. The van der Waals surface area contributed by atoms with E-state index in [0.717, 1.165) is 15.8 Å². The summed E-state index contributed by atoms with van der Waals surface area (Å²) in [7, 11) is 1.93. The first-order valence-corrected chi connectivity index (χ1v) is 5.94. The topological polar surface area (TPSA) is 29.3 Å². The van der Waals surface area contributed by atoms with Gasteiger partial charge in [-0.05, 0) is 40.9 Å². The van der Waals surface area contributed by atoms with Crippen molar-refractivity contribution in [3.63, 3.8) is 0 Å². The molecule has 1 N–H and O–H groups in total. The second-order valence-electron chi connectivity index (χ2n) is 3.96. The summed E-state index contributed by atoms with van der Waals surface area (Å²) in [5, 5.41) is 3.15. The molecule has 0 radical (unpaired) electrons. The third kappa shape index (κ3) is 1.44. The minimum atomic E-state index is 0.663. The molecule has 0 unspecified atom stereocenters. The van der Waals surface area contributed by atoms with Crippen LogP contribution in [-0.2, 0) is 0 Å². The van der Waals surface area contributed by atoms with Crippen LogP contribution in [-0.4, -0.2) is 16.4 Å². The highest BCUT2D eigenvalue weighted by Gasteiger charge is 2.28. The normalized spacial score (nSPS) is 15.9. The van der Waals surface area contributed by atoms with Crippen LogP contribution in [0.4, 0.5) is 5.69 Å². The Morgan fingerprint density at radius 3 is 2.93 bits per heavy atom. The van der Waals surface area contributed by atoms with Crippen molar-refractivity contribution in [2.75, 3.05) is 12.4 Å². The van der Waals surface area contributed by atoms with Crippen LogP contribution in [0.15, 0.2) is 22.9 Å². The van der Waals surface area contributed by atoms with E-state index < -0.39 is 0 Å². The van der Waals surface area contributed by atoms with Gasteiger partial charge in [-0.25, -0.2) is 4.98 Å². The van der Waals surface area contributed by atoms with Gasteiger partial charge in [0.1, 0.15) is 10.4 Å². The zero-order valence-electron chi connectivity index (χ0n) is 8.50. The van der Waals surface area contributed by atoms with Crippen LogP contribution >= 0.6 is 15.9 Å². The fourth-order valence-electron chi connectivity index (χ4n) is 1.85. The summed E-state index contributed by atoms with van der Waals surface area (Å²) in [5.41, 5.74) is 2.27. The molecule has 2 aromatic rings. The molecule has 1 fully saturated rings. The molecule has 3 nitrogen and oxygen atoms in total. The van der Waals surface area contributed by atoms with Crippen LogP contribution in [0.5, 0.6) is 0 Å². The van der Waals surface area contributed by atoms with Crippen LogP contribution in [0.25, 0.3) is 5.52 Å². The molecule has 2 aromatic heterocycles. The van der Waals surface area contributed by atoms with Gasteiger partial charge >= 0.3 is 0 Å². The van der Waals surface area contributed by atoms with Crippen molar-refractivity contribution in [2.45, 2.75) is 18.8 Å². The third-order valence-electron chi connectivity index (χ3n) is 2.85. The average molecular weight is 266 g/mol. The van der Waals surface area contributed by atoms with Crippen molar-refractivity contribution in [1.82, 2.24) is 9.38 Å². The van der Waals surface area contributed by atoms with E-state index in [4.69, 9.17) is 0 Å². The predicted octanol–water partition coefficient (Wildman–Crippen LogP) is 3.02. The van der Waals surface area contributed by atoms with Gasteiger partial charge < -0.3 is 9.72 Å². The van der Waals surface area contributed by atoms with Crippen LogP contribution in [0.2, 0.25) is 0 Å². The molecule has 0 atom stereocenters. The third-order valence-corrected chi connectivity index (χ3v) is 3.43. The van der Waals surface area contributed by atoms with E-state index in [0.29, 0.717) is 5.92 Å². The molecule has 1 saturated carbocycles. The maximum Gasteiger partial charge on any atom is 0.132 e. The van der Waals surface area contributed by atoms with E-state index in [-0.39, 0.29) is 0 Å². The Morgan fingerprint density at radius 2 is 2.27 bits per heavy atom. The van der Waals surface area contributed by atoms with Crippen LogP contribution < -0.4 is 5.32 Å². The summed E-state index contributed by atoms with van der Waals surface area (Å²) in [5.74, 6) is 1.85. The number of hydrogen-bond donors (Lipinski definition) is 1. The van der Waals surface area contributed by atoms with Crippen LogP contribution in [0.3, 0.4) is 0 Å². The Morgan fingerprint density at radius 1 is 1.47 bits per heavy atom. The van der Waals surface area contributed by atoms with Gasteiger partial charge in [-0.15, -0.1) is 0 Å². The molecular formula is C11H12BrN3. The van der Waals surface area contributed by atoms with Crippen molar-refractivity contribution in [2.24, 2.45) is 0 Å². The number of imidazole rings is 1. The Hall–Kier alpha value is -1.03. The number of pyridine rings is 1. The van der Waals surface area contributed by atoms with Crippen molar-refractivity contribution in [3.05, 3.63) is 28.8 Å². The van der Waals surface area contributed by atoms with E-state index >= 15 is 0 Å². The Kier molecular flexibility index (Phi) is 1.99. The highest BCUT2D eigenvalue weighted by molar-refractivity contribution is 9.10. The van der Waals surface area contributed by atoms with Gasteiger partial charge in [0.05, 0.1) is 11.2 Å². The predicted molar refractivity (Wildman–Crippen MR) is 64.4 cm³/mol. The quantitative estimate of drug-likeness (QED) is 0.905. The Labute approximate surface area is 96.6 Å². The first-order chi connectivity index (χ1) is 7.29. The first-order valence-electron chi connectivity index (χ1n) is 5.15.